The quantitative estimate of drug-likeness (QED) is 0.501. The number of ether oxygens (including phenoxy) is 2. The molecule has 1 amide bonds. The van der Waals surface area contributed by atoms with Crippen molar-refractivity contribution in [1.82, 2.24) is 15.1 Å². The van der Waals surface area contributed by atoms with Crippen molar-refractivity contribution in [3.63, 3.8) is 0 Å². The van der Waals surface area contributed by atoms with Gasteiger partial charge in [-0.2, -0.15) is 9.78 Å². The minimum atomic E-state index is -0.806. The van der Waals surface area contributed by atoms with Crippen molar-refractivity contribution in [3.05, 3.63) is 86.3 Å². The average molecular weight is 476 g/mol. The minimum Gasteiger partial charge on any atom is -0.481 e. The number of nitrogens with one attached hydrogen (secondary N) is 1. The van der Waals surface area contributed by atoms with Gasteiger partial charge < -0.3 is 14.8 Å². The average Bonchev–Trinajstić information content (AvgIpc) is 2.78. The van der Waals surface area contributed by atoms with Crippen LogP contribution in [-0.4, -0.2) is 34.9 Å². The van der Waals surface area contributed by atoms with Gasteiger partial charge in [0.15, 0.2) is 12.4 Å². The van der Waals surface area contributed by atoms with Crippen molar-refractivity contribution in [2.75, 3.05) is 13.2 Å². The summed E-state index contributed by atoms with van der Waals surface area (Å²) in [5.74, 6) is -1.46. The number of carbonyl (C=O) groups excluding carboxylic acids is 2. The van der Waals surface area contributed by atoms with Gasteiger partial charge in [0.1, 0.15) is 0 Å². The van der Waals surface area contributed by atoms with Gasteiger partial charge in [-0.3, -0.25) is 9.59 Å². The molecule has 1 N–H and O–H groups in total. The summed E-state index contributed by atoms with van der Waals surface area (Å²) in [6.07, 6.45) is 0. The maximum Gasteiger partial charge on any atom is 0.362 e. The first-order valence-corrected chi connectivity index (χ1v) is 10.4. The molecule has 0 unspecified atom stereocenters. The molecular weight excluding hydrogens is 457 g/mol. The monoisotopic (exact) mass is 475 g/mol. The molecule has 8 nitrogen and oxygen atoms in total. The van der Waals surface area contributed by atoms with Crippen LogP contribution in [0, 0.1) is 0 Å². The van der Waals surface area contributed by atoms with Crippen molar-refractivity contribution in [1.29, 1.82) is 0 Å². The second kappa shape index (κ2) is 10.8. The van der Waals surface area contributed by atoms with Crippen LogP contribution in [0.1, 0.15) is 23.0 Å². The van der Waals surface area contributed by atoms with Gasteiger partial charge in [0, 0.05) is 11.6 Å². The Morgan fingerprint density at radius 3 is 2.44 bits per heavy atom. The molecule has 0 atom stereocenters. The van der Waals surface area contributed by atoms with Crippen molar-refractivity contribution in [2.24, 2.45) is 0 Å². The smallest absolute Gasteiger partial charge is 0.362 e. The highest BCUT2D eigenvalue weighted by atomic mass is 35.5. The zero-order chi connectivity index (χ0) is 23.1. The summed E-state index contributed by atoms with van der Waals surface area (Å²) in [5.41, 5.74) is 0.162. The highest BCUT2D eigenvalue weighted by molar-refractivity contribution is 6.32. The van der Waals surface area contributed by atoms with Crippen LogP contribution in [0.5, 0.6) is 5.75 Å². The van der Waals surface area contributed by atoms with E-state index in [4.69, 9.17) is 32.7 Å². The first-order valence-electron chi connectivity index (χ1n) is 9.60. The molecule has 2 aromatic carbocycles. The van der Waals surface area contributed by atoms with Crippen LogP contribution < -0.4 is 15.6 Å². The fourth-order valence-corrected chi connectivity index (χ4v) is 3.14. The number of para-hydroxylation sites is 1. The largest absolute Gasteiger partial charge is 0.481 e. The molecule has 0 aliphatic heterocycles. The lowest BCUT2D eigenvalue weighted by Gasteiger charge is -2.13. The molecule has 3 aromatic rings. The Kier molecular flexibility index (Phi) is 7.86. The maximum absolute atomic E-state index is 12.6. The molecule has 166 valence electrons. The maximum atomic E-state index is 12.6. The predicted octanol–water partition coefficient (Wildman–Crippen LogP) is 3.41. The van der Waals surface area contributed by atoms with Crippen molar-refractivity contribution < 1.29 is 19.1 Å². The fraction of sp³-hybridized carbons (Fsp3) is 0.182. The van der Waals surface area contributed by atoms with Gasteiger partial charge in [0.05, 0.1) is 23.4 Å². The van der Waals surface area contributed by atoms with Crippen molar-refractivity contribution >= 4 is 35.1 Å². The molecular formula is C22H19Cl2N3O5. The van der Waals surface area contributed by atoms with Gasteiger partial charge in [-0.1, -0.05) is 53.5 Å². The summed E-state index contributed by atoms with van der Waals surface area (Å²) in [6, 6.07) is 14.7. The fourth-order valence-electron chi connectivity index (χ4n) is 2.72. The molecule has 0 radical (unpaired) electrons. The molecule has 0 saturated carbocycles. The molecule has 10 heteroatoms. The molecule has 1 aromatic heterocycles. The Hall–Kier alpha value is -3.36. The summed E-state index contributed by atoms with van der Waals surface area (Å²) < 4.78 is 11.4. The van der Waals surface area contributed by atoms with E-state index in [1.54, 1.807) is 55.5 Å². The van der Waals surface area contributed by atoms with E-state index in [-0.39, 0.29) is 35.3 Å². The van der Waals surface area contributed by atoms with Gasteiger partial charge in [0.25, 0.3) is 11.5 Å². The third-order valence-electron chi connectivity index (χ3n) is 4.24. The first kappa shape index (κ1) is 23.3. The number of benzene rings is 2. The molecule has 0 spiro atoms. The lowest BCUT2D eigenvalue weighted by molar-refractivity contribution is -0.123. The second-order valence-corrected chi connectivity index (χ2v) is 7.25. The molecule has 0 saturated heterocycles. The standard InChI is InChI=1S/C22H19Cl2N3O5/c1-2-31-22(30)21-18(11-20(29)27(26-21)17-10-6-5-9-16(17)24)32-13-19(28)25-12-14-7-3-4-8-15(14)23/h3-11H,2,12-13H2,1H3,(H,25,28). The number of aromatic nitrogens is 2. The highest BCUT2D eigenvalue weighted by Crippen LogP contribution is 2.20. The molecule has 1 heterocycles. The zero-order valence-electron chi connectivity index (χ0n) is 17.0. The summed E-state index contributed by atoms with van der Waals surface area (Å²) in [6.45, 7) is 1.46. The molecule has 32 heavy (non-hydrogen) atoms. The molecule has 0 bridgehead atoms. The lowest BCUT2D eigenvalue weighted by Crippen LogP contribution is -2.30. The third-order valence-corrected chi connectivity index (χ3v) is 4.93. The van der Waals surface area contributed by atoms with Crippen LogP contribution in [-0.2, 0) is 16.1 Å². The number of halogens is 2. The Bertz CT molecular complexity index is 1200. The van der Waals surface area contributed by atoms with E-state index in [2.05, 4.69) is 10.4 Å². The summed E-state index contributed by atoms with van der Waals surface area (Å²) in [7, 11) is 0. The lowest BCUT2D eigenvalue weighted by atomic mass is 10.2. The summed E-state index contributed by atoms with van der Waals surface area (Å²) >= 11 is 12.2. The van der Waals surface area contributed by atoms with Crippen LogP contribution >= 0.6 is 23.2 Å². The van der Waals surface area contributed by atoms with Gasteiger partial charge in [0.2, 0.25) is 5.69 Å². The SMILES string of the molecule is CCOC(=O)c1nn(-c2ccccc2Cl)c(=O)cc1OCC(=O)NCc1ccccc1Cl. The van der Waals surface area contributed by atoms with E-state index in [0.717, 1.165) is 16.3 Å². The Morgan fingerprint density at radius 1 is 1.06 bits per heavy atom. The van der Waals surface area contributed by atoms with Gasteiger partial charge in [-0.25, -0.2) is 4.79 Å². The van der Waals surface area contributed by atoms with Gasteiger partial charge in [-0.15, -0.1) is 0 Å². The van der Waals surface area contributed by atoms with E-state index >= 15 is 0 Å². The number of hydrogen-bond acceptors (Lipinski definition) is 6. The van der Waals surface area contributed by atoms with E-state index in [0.29, 0.717) is 5.02 Å². The third kappa shape index (κ3) is 5.66. The number of carbonyl (C=O) groups is 2. The number of esters is 1. The Morgan fingerprint density at radius 2 is 1.75 bits per heavy atom. The number of hydrogen-bond donors (Lipinski definition) is 1. The zero-order valence-corrected chi connectivity index (χ0v) is 18.5. The number of rotatable bonds is 8. The number of amides is 1. The van der Waals surface area contributed by atoms with Crippen LogP contribution in [0.3, 0.4) is 0 Å². The van der Waals surface area contributed by atoms with E-state index in [9.17, 15) is 14.4 Å². The van der Waals surface area contributed by atoms with Gasteiger partial charge >= 0.3 is 5.97 Å². The normalized spacial score (nSPS) is 10.5. The first-order chi connectivity index (χ1) is 15.4. The second-order valence-electron chi connectivity index (χ2n) is 6.44. The van der Waals surface area contributed by atoms with Crippen LogP contribution in [0.4, 0.5) is 0 Å². The van der Waals surface area contributed by atoms with Crippen LogP contribution in [0.25, 0.3) is 5.69 Å². The molecule has 0 aliphatic rings. The van der Waals surface area contributed by atoms with E-state index in [1.165, 1.54) is 0 Å². The Labute approximate surface area is 193 Å². The minimum absolute atomic E-state index is 0.0868. The van der Waals surface area contributed by atoms with E-state index < -0.39 is 24.0 Å². The van der Waals surface area contributed by atoms with E-state index in [1.807, 2.05) is 0 Å². The van der Waals surface area contributed by atoms with Crippen molar-refractivity contribution in [2.45, 2.75) is 13.5 Å². The molecule has 0 fully saturated rings. The topological polar surface area (TPSA) is 99.5 Å². The molecule has 3 rings (SSSR count). The van der Waals surface area contributed by atoms with Crippen LogP contribution in [0.15, 0.2) is 59.4 Å². The Balaban J connectivity index is 1.80. The van der Waals surface area contributed by atoms with Crippen LogP contribution in [0.2, 0.25) is 10.0 Å². The number of nitrogens with zero attached hydrogens (tertiary/aromatic N) is 2. The summed E-state index contributed by atoms with van der Waals surface area (Å²) in [5, 5.41) is 7.52. The molecule has 0 aliphatic carbocycles. The predicted molar refractivity (Wildman–Crippen MR) is 120 cm³/mol. The summed E-state index contributed by atoms with van der Waals surface area (Å²) in [4.78, 5) is 37.2. The highest BCUT2D eigenvalue weighted by Gasteiger charge is 2.21. The van der Waals surface area contributed by atoms with Gasteiger partial charge in [-0.05, 0) is 30.7 Å². The van der Waals surface area contributed by atoms with Crippen molar-refractivity contribution in [3.8, 4) is 11.4 Å².